The second kappa shape index (κ2) is 13.3. The van der Waals surface area contributed by atoms with Crippen LogP contribution in [-0.2, 0) is 6.54 Å². The van der Waals surface area contributed by atoms with Gasteiger partial charge in [0.15, 0.2) is 0 Å². The fourth-order valence-electron chi connectivity index (χ4n) is 5.75. The molecule has 1 saturated heterocycles. The molecule has 4 aromatic rings. The van der Waals surface area contributed by atoms with E-state index in [1.54, 1.807) is 18.3 Å². The molecule has 0 bridgehead atoms. The number of nitrogens with zero attached hydrogens (tertiary/aromatic N) is 4. The van der Waals surface area contributed by atoms with Gasteiger partial charge >= 0.3 is 0 Å². The van der Waals surface area contributed by atoms with Gasteiger partial charge in [-0.25, -0.2) is 14.4 Å². The molecule has 8 heteroatoms. The van der Waals surface area contributed by atoms with Crippen molar-refractivity contribution < 1.29 is 9.18 Å². The molecule has 0 aliphatic carbocycles. The number of hydrogen-bond acceptors (Lipinski definition) is 6. The number of nitrogens with one attached hydrogen (secondary N) is 2. The Morgan fingerprint density at radius 1 is 1.00 bits per heavy atom. The van der Waals surface area contributed by atoms with Gasteiger partial charge in [-0.1, -0.05) is 29.8 Å². The van der Waals surface area contributed by atoms with Crippen molar-refractivity contribution in [2.75, 3.05) is 31.5 Å². The summed E-state index contributed by atoms with van der Waals surface area (Å²) in [7, 11) is 0. The van der Waals surface area contributed by atoms with Gasteiger partial charge in [0.25, 0.3) is 5.91 Å². The Morgan fingerprint density at radius 3 is 2.64 bits per heavy atom. The quantitative estimate of drug-likeness (QED) is 0.174. The summed E-state index contributed by atoms with van der Waals surface area (Å²) in [6.45, 7) is 10.4. The lowest BCUT2D eigenvalue weighted by Gasteiger charge is -2.19. The van der Waals surface area contributed by atoms with Gasteiger partial charge in [0.1, 0.15) is 5.82 Å². The van der Waals surface area contributed by atoms with E-state index in [2.05, 4.69) is 45.3 Å². The van der Waals surface area contributed by atoms with Gasteiger partial charge in [-0.2, -0.15) is 0 Å². The molecule has 2 aliphatic rings. The fourth-order valence-corrected chi connectivity index (χ4v) is 5.75. The summed E-state index contributed by atoms with van der Waals surface area (Å²) >= 11 is 0. The molecular formula is C36H37FN6O. The SMILES string of the molecule is C=C1CCCN(CCCNC(=O)c2ccc(Nc3ncc4c(n3)-c3ccc(C)cc3C(c3ccc(F)cc3)=NC4)cc2)CC1. The van der Waals surface area contributed by atoms with Crippen LogP contribution in [0.1, 0.15) is 58.3 Å². The van der Waals surface area contributed by atoms with Gasteiger partial charge < -0.3 is 15.5 Å². The van der Waals surface area contributed by atoms with Crippen LogP contribution < -0.4 is 10.6 Å². The van der Waals surface area contributed by atoms with Crippen LogP contribution in [0.3, 0.4) is 0 Å². The van der Waals surface area contributed by atoms with Crippen molar-refractivity contribution in [2.24, 2.45) is 4.99 Å². The molecule has 0 spiro atoms. The predicted molar refractivity (Wildman–Crippen MR) is 174 cm³/mol. The zero-order valence-corrected chi connectivity index (χ0v) is 25.1. The average Bonchev–Trinajstić information content (AvgIpc) is 3.33. The summed E-state index contributed by atoms with van der Waals surface area (Å²) in [4.78, 5) is 29.5. The lowest BCUT2D eigenvalue weighted by atomic mass is 9.94. The minimum Gasteiger partial charge on any atom is -0.352 e. The molecule has 0 radical (unpaired) electrons. The van der Waals surface area contributed by atoms with Crippen LogP contribution in [0, 0.1) is 12.7 Å². The van der Waals surface area contributed by atoms with Gasteiger partial charge in [-0.3, -0.25) is 9.79 Å². The normalized spacial score (nSPS) is 15.0. The number of amides is 1. The molecule has 0 unspecified atom stereocenters. The van der Waals surface area contributed by atoms with Crippen LogP contribution in [0.25, 0.3) is 11.3 Å². The topological polar surface area (TPSA) is 82.5 Å². The molecule has 1 amide bonds. The van der Waals surface area contributed by atoms with Crippen LogP contribution in [-0.4, -0.2) is 52.7 Å². The first-order valence-corrected chi connectivity index (χ1v) is 15.2. The molecule has 2 N–H and O–H groups in total. The van der Waals surface area contributed by atoms with Crippen molar-refractivity contribution in [2.45, 2.75) is 39.2 Å². The molecule has 3 aromatic carbocycles. The predicted octanol–water partition coefficient (Wildman–Crippen LogP) is 6.85. The number of halogens is 1. The molecule has 6 rings (SSSR count). The zero-order chi connectivity index (χ0) is 30.5. The highest BCUT2D eigenvalue weighted by molar-refractivity contribution is 6.16. The number of hydrogen-bond donors (Lipinski definition) is 2. The fraction of sp³-hybridized carbons (Fsp3) is 0.278. The number of aliphatic imine (C=N–C) groups is 1. The third kappa shape index (κ3) is 6.92. The Labute approximate surface area is 258 Å². The number of benzene rings is 3. The van der Waals surface area contributed by atoms with Crippen molar-refractivity contribution in [3.05, 3.63) is 119 Å². The van der Waals surface area contributed by atoms with Crippen LogP contribution in [0.4, 0.5) is 16.0 Å². The summed E-state index contributed by atoms with van der Waals surface area (Å²) in [5.74, 6) is 0.0950. The monoisotopic (exact) mass is 588 g/mol. The van der Waals surface area contributed by atoms with Gasteiger partial charge in [0.05, 0.1) is 18.0 Å². The number of fused-ring (bicyclic) bond motifs is 3. The average molecular weight is 589 g/mol. The first-order valence-electron chi connectivity index (χ1n) is 15.2. The molecule has 0 saturated carbocycles. The third-order valence-corrected chi connectivity index (χ3v) is 8.20. The summed E-state index contributed by atoms with van der Waals surface area (Å²) in [5.41, 5.74) is 9.11. The minimum absolute atomic E-state index is 0.0778. The van der Waals surface area contributed by atoms with Gasteiger partial charge in [-0.15, -0.1) is 0 Å². The number of rotatable bonds is 8. The third-order valence-electron chi connectivity index (χ3n) is 8.20. The molecule has 0 atom stereocenters. The standard InChI is InChI=1S/C36H37FN6O/c1-24-5-3-18-43(20-16-24)19-4-17-38-35(44)27-9-13-30(14-10-27)41-36-40-23-28-22-39-33(26-7-11-29(37)12-8-26)32-21-25(2)6-15-31(32)34(28)42-36/h6-15,21,23H,1,3-5,16-20,22H2,2H3,(H,38,44)(H,40,41,42). The highest BCUT2D eigenvalue weighted by atomic mass is 19.1. The summed E-state index contributed by atoms with van der Waals surface area (Å²) in [6, 6.07) is 20.0. The number of likely N-dealkylation sites (tertiary alicyclic amines) is 1. The van der Waals surface area contributed by atoms with Crippen molar-refractivity contribution in [3.63, 3.8) is 0 Å². The summed E-state index contributed by atoms with van der Waals surface area (Å²) < 4.78 is 13.6. The minimum atomic E-state index is -0.281. The number of carbonyl (C=O) groups excluding carboxylic acids is 1. The van der Waals surface area contributed by atoms with E-state index in [-0.39, 0.29) is 11.7 Å². The van der Waals surface area contributed by atoms with E-state index >= 15 is 0 Å². The molecular weight excluding hydrogens is 551 g/mol. The van der Waals surface area contributed by atoms with Crippen LogP contribution in [0.15, 0.2) is 90.1 Å². The van der Waals surface area contributed by atoms with E-state index in [1.165, 1.54) is 24.1 Å². The van der Waals surface area contributed by atoms with Crippen molar-refractivity contribution >= 4 is 23.3 Å². The summed E-state index contributed by atoms with van der Waals surface area (Å²) in [5, 5.41) is 6.33. The largest absolute Gasteiger partial charge is 0.352 e. The molecule has 44 heavy (non-hydrogen) atoms. The highest BCUT2D eigenvalue weighted by Gasteiger charge is 2.21. The molecule has 1 fully saturated rings. The molecule has 224 valence electrons. The second-order valence-electron chi connectivity index (χ2n) is 11.5. The first kappa shape index (κ1) is 29.4. The van der Waals surface area contributed by atoms with E-state index in [0.717, 1.165) is 83.8 Å². The smallest absolute Gasteiger partial charge is 0.251 e. The number of aryl methyl sites for hydroxylation is 1. The maximum Gasteiger partial charge on any atom is 0.251 e. The van der Waals surface area contributed by atoms with Crippen LogP contribution >= 0.6 is 0 Å². The van der Waals surface area contributed by atoms with Crippen molar-refractivity contribution in [1.82, 2.24) is 20.2 Å². The van der Waals surface area contributed by atoms with E-state index in [1.807, 2.05) is 31.2 Å². The van der Waals surface area contributed by atoms with Gasteiger partial charge in [0.2, 0.25) is 5.95 Å². The van der Waals surface area contributed by atoms with E-state index in [0.29, 0.717) is 24.6 Å². The highest BCUT2D eigenvalue weighted by Crippen LogP contribution is 2.33. The van der Waals surface area contributed by atoms with Gasteiger partial charge in [-0.05, 0) is 100 Å². The molecule has 7 nitrogen and oxygen atoms in total. The Hall–Kier alpha value is -4.69. The number of aromatic nitrogens is 2. The first-order chi connectivity index (χ1) is 21.4. The van der Waals surface area contributed by atoms with Crippen molar-refractivity contribution in [3.8, 4) is 11.3 Å². The molecule has 1 aromatic heterocycles. The van der Waals surface area contributed by atoms with Crippen molar-refractivity contribution in [1.29, 1.82) is 0 Å². The lowest BCUT2D eigenvalue weighted by Crippen LogP contribution is -2.30. The zero-order valence-electron chi connectivity index (χ0n) is 25.1. The summed E-state index contributed by atoms with van der Waals surface area (Å²) in [6.07, 6.45) is 6.09. The number of carbonyl (C=O) groups is 1. The Morgan fingerprint density at radius 2 is 1.82 bits per heavy atom. The van der Waals surface area contributed by atoms with Gasteiger partial charge in [0, 0.05) is 52.8 Å². The van der Waals surface area contributed by atoms with E-state index < -0.39 is 0 Å². The van der Waals surface area contributed by atoms with Crippen LogP contribution in [0.5, 0.6) is 0 Å². The Balaban J connectivity index is 1.11. The lowest BCUT2D eigenvalue weighted by molar-refractivity contribution is 0.0951. The second-order valence-corrected chi connectivity index (χ2v) is 11.5. The maximum atomic E-state index is 13.6. The van der Waals surface area contributed by atoms with Crippen LogP contribution in [0.2, 0.25) is 0 Å². The number of anilines is 2. The Bertz CT molecular complexity index is 1700. The van der Waals surface area contributed by atoms with E-state index in [9.17, 15) is 9.18 Å². The Kier molecular flexibility index (Phi) is 8.89. The maximum absolute atomic E-state index is 13.6. The molecule has 3 heterocycles. The molecule has 2 aliphatic heterocycles. The van der Waals surface area contributed by atoms with E-state index in [4.69, 9.17) is 9.98 Å².